The summed E-state index contributed by atoms with van der Waals surface area (Å²) in [4.78, 5) is 2.58. The largest absolute Gasteiger partial charge is 0.380 e. The summed E-state index contributed by atoms with van der Waals surface area (Å²) in [5.74, 6) is 0. The van der Waals surface area contributed by atoms with E-state index in [9.17, 15) is 0 Å². The third-order valence-corrected chi connectivity index (χ3v) is 3.52. The molecule has 0 bridgehead atoms. The summed E-state index contributed by atoms with van der Waals surface area (Å²) in [5.41, 5.74) is 1.66. The van der Waals surface area contributed by atoms with Crippen molar-refractivity contribution < 1.29 is 4.74 Å². The Morgan fingerprint density at radius 3 is 2.61 bits per heavy atom. The minimum absolute atomic E-state index is 0.209. The molecule has 0 saturated heterocycles. The number of ether oxygens (including phenoxy) is 1. The average molecular weight is 254 g/mol. The molecule has 1 aliphatic rings. The highest BCUT2D eigenvalue weighted by molar-refractivity contribution is 5.08. The van der Waals surface area contributed by atoms with E-state index in [1.807, 2.05) is 0 Å². The zero-order chi connectivity index (χ0) is 13.6. The molecule has 0 saturated carbocycles. The van der Waals surface area contributed by atoms with Gasteiger partial charge in [0.15, 0.2) is 0 Å². The Hall–Kier alpha value is -0.380. The molecule has 0 aromatic carbocycles. The van der Waals surface area contributed by atoms with Crippen molar-refractivity contribution in [1.82, 2.24) is 10.2 Å². The van der Waals surface area contributed by atoms with E-state index < -0.39 is 0 Å². The predicted octanol–water partition coefficient (Wildman–Crippen LogP) is 2.43. The van der Waals surface area contributed by atoms with Crippen LogP contribution < -0.4 is 5.32 Å². The molecule has 1 atom stereocenters. The van der Waals surface area contributed by atoms with Crippen molar-refractivity contribution in [3.63, 3.8) is 0 Å². The first-order valence-electron chi connectivity index (χ1n) is 7.12. The highest BCUT2D eigenvalue weighted by atomic mass is 16.5. The highest BCUT2D eigenvalue weighted by Crippen LogP contribution is 2.15. The quantitative estimate of drug-likeness (QED) is 0.737. The SMILES string of the molecule is CCC(CNC(C)(C)C)N1CC=C(COC)CC1. The van der Waals surface area contributed by atoms with E-state index in [-0.39, 0.29) is 5.54 Å². The van der Waals surface area contributed by atoms with Crippen molar-refractivity contribution >= 4 is 0 Å². The second-order valence-corrected chi connectivity index (χ2v) is 6.23. The fourth-order valence-electron chi connectivity index (χ4n) is 2.33. The van der Waals surface area contributed by atoms with E-state index in [2.05, 4.69) is 44.0 Å². The van der Waals surface area contributed by atoms with Crippen LogP contribution in [0.3, 0.4) is 0 Å². The van der Waals surface area contributed by atoms with Crippen LogP contribution in [0.1, 0.15) is 40.5 Å². The normalized spacial score (nSPS) is 19.7. The number of nitrogens with one attached hydrogen (secondary N) is 1. The first kappa shape index (κ1) is 15.7. The molecule has 0 aromatic rings. The maximum Gasteiger partial charge on any atom is 0.0673 e. The van der Waals surface area contributed by atoms with Crippen molar-refractivity contribution in [1.29, 1.82) is 0 Å². The zero-order valence-electron chi connectivity index (χ0n) is 12.8. The number of methoxy groups -OCH3 is 1. The van der Waals surface area contributed by atoms with Crippen LogP contribution in [-0.2, 0) is 4.74 Å². The molecular formula is C15H30N2O. The molecule has 0 fully saturated rings. The van der Waals surface area contributed by atoms with Crippen molar-refractivity contribution in [3.05, 3.63) is 11.6 Å². The van der Waals surface area contributed by atoms with Gasteiger partial charge in [-0.3, -0.25) is 4.90 Å². The van der Waals surface area contributed by atoms with Gasteiger partial charge in [0.1, 0.15) is 0 Å². The first-order valence-corrected chi connectivity index (χ1v) is 7.12. The molecule has 3 nitrogen and oxygen atoms in total. The molecule has 1 unspecified atom stereocenters. The molecule has 0 aromatic heterocycles. The molecule has 3 heteroatoms. The van der Waals surface area contributed by atoms with Crippen LogP contribution in [0.2, 0.25) is 0 Å². The number of hydrogen-bond donors (Lipinski definition) is 1. The van der Waals surface area contributed by atoms with Gasteiger partial charge in [-0.1, -0.05) is 13.0 Å². The summed E-state index contributed by atoms with van der Waals surface area (Å²) in [5, 5.41) is 3.62. The van der Waals surface area contributed by atoms with Gasteiger partial charge < -0.3 is 10.1 Å². The summed E-state index contributed by atoms with van der Waals surface area (Å²) in [6.45, 7) is 13.1. The summed E-state index contributed by atoms with van der Waals surface area (Å²) in [7, 11) is 1.77. The van der Waals surface area contributed by atoms with Crippen molar-refractivity contribution in [3.8, 4) is 0 Å². The minimum atomic E-state index is 0.209. The van der Waals surface area contributed by atoms with Gasteiger partial charge >= 0.3 is 0 Å². The lowest BCUT2D eigenvalue weighted by molar-refractivity contribution is 0.176. The zero-order valence-corrected chi connectivity index (χ0v) is 12.8. The predicted molar refractivity (Wildman–Crippen MR) is 78.0 cm³/mol. The standard InChI is InChI=1S/C15H30N2O/c1-6-14(11-16-15(2,3)4)17-9-7-13(8-10-17)12-18-5/h7,14,16H,6,8-12H2,1-5H3. The van der Waals surface area contributed by atoms with Crippen LogP contribution in [0.4, 0.5) is 0 Å². The Kier molecular flexibility index (Phi) is 6.33. The maximum absolute atomic E-state index is 5.20. The first-order chi connectivity index (χ1) is 8.46. The third kappa shape index (κ3) is 5.51. The lowest BCUT2D eigenvalue weighted by Crippen LogP contribution is -2.48. The fraction of sp³-hybridized carbons (Fsp3) is 0.867. The Morgan fingerprint density at radius 1 is 1.44 bits per heavy atom. The van der Waals surface area contributed by atoms with Gasteiger partial charge in [-0.15, -0.1) is 0 Å². The topological polar surface area (TPSA) is 24.5 Å². The lowest BCUT2D eigenvalue weighted by atomic mass is 10.0. The van der Waals surface area contributed by atoms with Gasteiger partial charge in [0, 0.05) is 38.3 Å². The van der Waals surface area contributed by atoms with Gasteiger partial charge in [-0.05, 0) is 39.2 Å². The van der Waals surface area contributed by atoms with Gasteiger partial charge in [-0.2, -0.15) is 0 Å². The van der Waals surface area contributed by atoms with Gasteiger partial charge in [0.05, 0.1) is 6.61 Å². The number of nitrogens with zero attached hydrogens (tertiary/aromatic N) is 1. The molecule has 106 valence electrons. The van der Waals surface area contributed by atoms with Crippen molar-refractivity contribution in [2.75, 3.05) is 33.4 Å². The molecular weight excluding hydrogens is 224 g/mol. The molecule has 0 spiro atoms. The molecule has 18 heavy (non-hydrogen) atoms. The van der Waals surface area contributed by atoms with E-state index in [0.717, 1.165) is 26.1 Å². The number of hydrogen-bond acceptors (Lipinski definition) is 3. The lowest BCUT2D eigenvalue weighted by Gasteiger charge is -2.35. The molecule has 1 N–H and O–H groups in total. The molecule has 0 radical (unpaired) electrons. The maximum atomic E-state index is 5.20. The van der Waals surface area contributed by atoms with E-state index in [0.29, 0.717) is 6.04 Å². The van der Waals surface area contributed by atoms with Gasteiger partial charge in [-0.25, -0.2) is 0 Å². The minimum Gasteiger partial charge on any atom is -0.380 e. The van der Waals surface area contributed by atoms with Crippen LogP contribution in [0.15, 0.2) is 11.6 Å². The van der Waals surface area contributed by atoms with E-state index >= 15 is 0 Å². The van der Waals surface area contributed by atoms with Crippen LogP contribution >= 0.6 is 0 Å². The highest BCUT2D eigenvalue weighted by Gasteiger charge is 2.21. The van der Waals surface area contributed by atoms with Gasteiger partial charge in [0.2, 0.25) is 0 Å². The van der Waals surface area contributed by atoms with Crippen LogP contribution in [0, 0.1) is 0 Å². The molecule has 0 aliphatic carbocycles. The Balaban J connectivity index is 2.43. The van der Waals surface area contributed by atoms with Gasteiger partial charge in [0.25, 0.3) is 0 Å². The molecule has 1 rings (SSSR count). The average Bonchev–Trinajstić information content (AvgIpc) is 2.31. The van der Waals surface area contributed by atoms with Crippen LogP contribution in [0.25, 0.3) is 0 Å². The Bertz CT molecular complexity index is 268. The molecule has 1 aliphatic heterocycles. The number of rotatable bonds is 6. The van der Waals surface area contributed by atoms with Crippen LogP contribution in [0.5, 0.6) is 0 Å². The summed E-state index contributed by atoms with van der Waals surface area (Å²) >= 11 is 0. The molecule has 1 heterocycles. The van der Waals surface area contributed by atoms with Crippen molar-refractivity contribution in [2.24, 2.45) is 0 Å². The smallest absolute Gasteiger partial charge is 0.0673 e. The van der Waals surface area contributed by atoms with Crippen molar-refractivity contribution in [2.45, 2.75) is 52.1 Å². The Labute approximate surface area is 113 Å². The summed E-state index contributed by atoms with van der Waals surface area (Å²) < 4.78 is 5.20. The second kappa shape index (κ2) is 7.27. The van der Waals surface area contributed by atoms with E-state index in [1.54, 1.807) is 7.11 Å². The summed E-state index contributed by atoms with van der Waals surface area (Å²) in [6.07, 6.45) is 4.70. The molecule has 0 amide bonds. The van der Waals surface area contributed by atoms with E-state index in [4.69, 9.17) is 4.74 Å². The summed E-state index contributed by atoms with van der Waals surface area (Å²) in [6, 6.07) is 0.643. The third-order valence-electron chi connectivity index (χ3n) is 3.52. The fourth-order valence-corrected chi connectivity index (χ4v) is 2.33. The monoisotopic (exact) mass is 254 g/mol. The van der Waals surface area contributed by atoms with E-state index in [1.165, 1.54) is 18.5 Å². The van der Waals surface area contributed by atoms with Crippen LogP contribution in [-0.4, -0.2) is 49.8 Å². The Morgan fingerprint density at radius 2 is 2.17 bits per heavy atom. The second-order valence-electron chi connectivity index (χ2n) is 6.23.